The minimum atomic E-state index is -0.293. The van der Waals surface area contributed by atoms with Gasteiger partial charge in [0.2, 0.25) is 0 Å². The smallest absolute Gasteiger partial charge is 0.282 e. The Labute approximate surface area is 121 Å². The van der Waals surface area contributed by atoms with Gasteiger partial charge in [0, 0.05) is 15.9 Å². The maximum absolute atomic E-state index is 11.1. The second kappa shape index (κ2) is 5.11. The molecule has 3 nitrogen and oxygen atoms in total. The number of rotatable bonds is 2. The van der Waals surface area contributed by atoms with Crippen molar-refractivity contribution >= 4 is 38.0 Å². The van der Waals surface area contributed by atoms with Crippen LogP contribution < -0.4 is 10.3 Å². The Balaban J connectivity index is 1.97. The number of hydrogen-bond donors (Lipinski definition) is 0. The van der Waals surface area contributed by atoms with E-state index in [1.54, 1.807) is 5.38 Å². The Morgan fingerprint density at radius 3 is 2.68 bits per heavy atom. The van der Waals surface area contributed by atoms with Crippen molar-refractivity contribution in [2.24, 2.45) is 0 Å². The number of hydrogen-bond acceptors (Lipinski definition) is 4. The molecule has 94 valence electrons. The Hall–Kier alpha value is -1.72. The van der Waals surface area contributed by atoms with Crippen LogP contribution in [0.15, 0.2) is 57.1 Å². The average Bonchev–Trinajstić information content (AvgIpc) is 2.39. The summed E-state index contributed by atoms with van der Waals surface area (Å²) in [5.74, 6) is 0.671. The van der Waals surface area contributed by atoms with Gasteiger partial charge in [-0.25, -0.2) is 0 Å². The van der Waals surface area contributed by atoms with E-state index in [0.717, 1.165) is 15.2 Å². The molecule has 0 unspecified atom stereocenters. The first-order chi connectivity index (χ1) is 9.20. The Morgan fingerprint density at radius 1 is 1.05 bits per heavy atom. The molecule has 0 fully saturated rings. The van der Waals surface area contributed by atoms with E-state index in [4.69, 9.17) is 4.74 Å². The minimum absolute atomic E-state index is 0.293. The zero-order chi connectivity index (χ0) is 13.2. The summed E-state index contributed by atoms with van der Waals surface area (Å²) in [6, 6.07) is 13.2. The first-order valence-corrected chi connectivity index (χ1v) is 7.21. The number of halogens is 1. The molecule has 3 rings (SSSR count). The lowest BCUT2D eigenvalue weighted by atomic mass is 10.1. The standard InChI is InChI=1S/C14H8BrNO2S/c15-11-3-1-10-8-12(4-2-9(10)7-11)18-14-16-13(17)5-6-19-14/h1-8H. The van der Waals surface area contributed by atoms with Gasteiger partial charge in [-0.15, -0.1) is 0 Å². The van der Waals surface area contributed by atoms with Gasteiger partial charge in [0.05, 0.1) is 0 Å². The molecule has 1 aromatic heterocycles. The maximum atomic E-state index is 11.1. The SMILES string of the molecule is O=c1ccsc(Oc2ccc3cc(Br)ccc3c2)n1. The Kier molecular flexibility index (Phi) is 3.31. The van der Waals surface area contributed by atoms with Gasteiger partial charge in [-0.2, -0.15) is 4.98 Å². The molecule has 5 heteroatoms. The average molecular weight is 334 g/mol. The molecule has 0 bridgehead atoms. The zero-order valence-electron chi connectivity index (χ0n) is 9.67. The van der Waals surface area contributed by atoms with Crippen LogP contribution in [0.1, 0.15) is 0 Å². The molecule has 0 radical (unpaired) electrons. The number of ether oxygens (including phenoxy) is 1. The summed E-state index contributed by atoms with van der Waals surface area (Å²) in [6.45, 7) is 0. The molecule has 0 aliphatic rings. The highest BCUT2D eigenvalue weighted by atomic mass is 79.9. The number of fused-ring (bicyclic) bond motifs is 1. The third-order valence-electron chi connectivity index (χ3n) is 2.56. The van der Waals surface area contributed by atoms with E-state index in [9.17, 15) is 4.79 Å². The summed E-state index contributed by atoms with van der Waals surface area (Å²) >= 11 is 4.73. The molecule has 2 aromatic carbocycles. The van der Waals surface area contributed by atoms with E-state index in [-0.39, 0.29) is 5.56 Å². The van der Waals surface area contributed by atoms with Crippen molar-refractivity contribution in [3.05, 3.63) is 62.7 Å². The van der Waals surface area contributed by atoms with Crippen molar-refractivity contribution in [2.75, 3.05) is 0 Å². The van der Waals surface area contributed by atoms with Crippen LogP contribution in [0.4, 0.5) is 0 Å². The summed E-state index contributed by atoms with van der Waals surface area (Å²) in [6.07, 6.45) is 0. The van der Waals surface area contributed by atoms with Crippen LogP contribution >= 0.6 is 27.3 Å². The van der Waals surface area contributed by atoms with Gasteiger partial charge in [-0.05, 0) is 35.0 Å². The van der Waals surface area contributed by atoms with Crippen molar-refractivity contribution in [3.8, 4) is 10.9 Å². The molecule has 0 saturated carbocycles. The maximum Gasteiger partial charge on any atom is 0.282 e. The lowest BCUT2D eigenvalue weighted by molar-refractivity contribution is 0.477. The number of aromatic nitrogens is 1. The Morgan fingerprint density at radius 2 is 1.84 bits per heavy atom. The molecular weight excluding hydrogens is 326 g/mol. The molecule has 19 heavy (non-hydrogen) atoms. The quantitative estimate of drug-likeness (QED) is 0.705. The topological polar surface area (TPSA) is 39.2 Å². The monoisotopic (exact) mass is 333 g/mol. The van der Waals surface area contributed by atoms with Crippen molar-refractivity contribution in [1.82, 2.24) is 4.98 Å². The first-order valence-electron chi connectivity index (χ1n) is 5.54. The summed E-state index contributed by atoms with van der Waals surface area (Å²) < 4.78 is 6.63. The van der Waals surface area contributed by atoms with Crippen molar-refractivity contribution in [2.45, 2.75) is 0 Å². The van der Waals surface area contributed by atoms with Crippen LogP contribution in [-0.4, -0.2) is 4.98 Å². The lowest BCUT2D eigenvalue weighted by Gasteiger charge is -2.05. The highest BCUT2D eigenvalue weighted by Gasteiger charge is 2.02. The third-order valence-corrected chi connectivity index (χ3v) is 3.70. The minimum Gasteiger partial charge on any atom is -0.431 e. The van der Waals surface area contributed by atoms with Crippen LogP contribution in [0.5, 0.6) is 10.9 Å². The molecule has 0 aliphatic heterocycles. The van der Waals surface area contributed by atoms with E-state index in [2.05, 4.69) is 20.9 Å². The van der Waals surface area contributed by atoms with Gasteiger partial charge in [0.25, 0.3) is 10.8 Å². The van der Waals surface area contributed by atoms with Crippen LogP contribution in [0, 0.1) is 0 Å². The van der Waals surface area contributed by atoms with Crippen LogP contribution in [0.25, 0.3) is 10.8 Å². The van der Waals surface area contributed by atoms with Gasteiger partial charge in [0.1, 0.15) is 5.75 Å². The molecule has 0 N–H and O–H groups in total. The molecule has 0 aliphatic carbocycles. The fraction of sp³-hybridized carbons (Fsp3) is 0. The van der Waals surface area contributed by atoms with Crippen LogP contribution in [-0.2, 0) is 0 Å². The summed E-state index contributed by atoms with van der Waals surface area (Å²) in [7, 11) is 0. The lowest BCUT2D eigenvalue weighted by Crippen LogP contribution is -2.02. The molecule has 0 spiro atoms. The fourth-order valence-electron chi connectivity index (χ4n) is 1.71. The van der Waals surface area contributed by atoms with E-state index < -0.39 is 0 Å². The highest BCUT2D eigenvalue weighted by Crippen LogP contribution is 2.27. The van der Waals surface area contributed by atoms with Crippen LogP contribution in [0.2, 0.25) is 0 Å². The van der Waals surface area contributed by atoms with Crippen LogP contribution in [0.3, 0.4) is 0 Å². The number of benzene rings is 2. The summed E-state index contributed by atoms with van der Waals surface area (Å²) in [5, 5.41) is 4.21. The van der Waals surface area contributed by atoms with Crippen molar-refractivity contribution in [1.29, 1.82) is 0 Å². The highest BCUT2D eigenvalue weighted by molar-refractivity contribution is 9.10. The van der Waals surface area contributed by atoms with Gasteiger partial charge < -0.3 is 4.74 Å². The predicted molar refractivity (Wildman–Crippen MR) is 80.1 cm³/mol. The second-order valence-corrected chi connectivity index (χ2v) is 5.66. The summed E-state index contributed by atoms with van der Waals surface area (Å²) in [5.41, 5.74) is -0.293. The molecule has 0 amide bonds. The molecular formula is C14H8BrNO2S. The first kappa shape index (κ1) is 12.3. The van der Waals surface area contributed by atoms with E-state index in [0.29, 0.717) is 10.9 Å². The largest absolute Gasteiger partial charge is 0.431 e. The summed E-state index contributed by atoms with van der Waals surface area (Å²) in [4.78, 5) is 14.9. The predicted octanol–water partition coefficient (Wildman–Crippen LogP) is 4.21. The van der Waals surface area contributed by atoms with Gasteiger partial charge >= 0.3 is 0 Å². The fourth-order valence-corrected chi connectivity index (χ4v) is 2.68. The molecule has 1 heterocycles. The second-order valence-electron chi connectivity index (χ2n) is 3.89. The van der Waals surface area contributed by atoms with Gasteiger partial charge in [-0.3, -0.25) is 4.79 Å². The van der Waals surface area contributed by atoms with Crippen molar-refractivity contribution < 1.29 is 4.74 Å². The molecule has 3 aromatic rings. The van der Waals surface area contributed by atoms with E-state index in [1.807, 2.05) is 36.4 Å². The van der Waals surface area contributed by atoms with E-state index in [1.165, 1.54) is 17.4 Å². The van der Waals surface area contributed by atoms with Crippen molar-refractivity contribution in [3.63, 3.8) is 0 Å². The normalized spacial score (nSPS) is 10.6. The Bertz CT molecular complexity index is 801. The third kappa shape index (κ3) is 2.83. The molecule has 0 saturated heterocycles. The zero-order valence-corrected chi connectivity index (χ0v) is 12.1. The van der Waals surface area contributed by atoms with Gasteiger partial charge in [-0.1, -0.05) is 39.4 Å². The van der Waals surface area contributed by atoms with E-state index >= 15 is 0 Å². The number of nitrogens with zero attached hydrogens (tertiary/aromatic N) is 1. The molecule has 0 atom stereocenters. The van der Waals surface area contributed by atoms with Gasteiger partial charge in [0.15, 0.2) is 0 Å².